The van der Waals surface area contributed by atoms with Crippen molar-refractivity contribution >= 4 is 11.6 Å². The fourth-order valence-corrected chi connectivity index (χ4v) is 2.17. The van der Waals surface area contributed by atoms with E-state index >= 15 is 0 Å². The molecule has 2 rings (SSSR count). The minimum absolute atomic E-state index is 0.0153. The summed E-state index contributed by atoms with van der Waals surface area (Å²) < 4.78 is 5.73. The van der Waals surface area contributed by atoms with Gasteiger partial charge in [-0.1, -0.05) is 6.92 Å². The van der Waals surface area contributed by atoms with Crippen molar-refractivity contribution in [1.29, 1.82) is 0 Å². The minimum atomic E-state index is -0.0153. The summed E-state index contributed by atoms with van der Waals surface area (Å²) in [4.78, 5) is 11.1. The van der Waals surface area contributed by atoms with Crippen LogP contribution in [0.25, 0.3) is 0 Å². The van der Waals surface area contributed by atoms with Crippen LogP contribution < -0.4 is 0 Å². The Labute approximate surface area is 107 Å². The van der Waals surface area contributed by atoms with Crippen LogP contribution in [-0.2, 0) is 10.6 Å². The van der Waals surface area contributed by atoms with Gasteiger partial charge in [0.1, 0.15) is 6.10 Å². The Hall–Kier alpha value is -0.710. The molecule has 0 aliphatic carbocycles. The molecule has 1 saturated heterocycles. The van der Waals surface area contributed by atoms with Gasteiger partial charge in [-0.15, -0.1) is 11.6 Å². The van der Waals surface area contributed by atoms with E-state index in [1.807, 2.05) is 6.07 Å². The van der Waals surface area contributed by atoms with Crippen LogP contribution in [0, 0.1) is 0 Å². The van der Waals surface area contributed by atoms with Gasteiger partial charge in [0.05, 0.1) is 18.2 Å². The highest BCUT2D eigenvalue weighted by molar-refractivity contribution is 6.16. The van der Waals surface area contributed by atoms with Crippen LogP contribution in [-0.4, -0.2) is 41.1 Å². The lowest BCUT2D eigenvalue weighted by Crippen LogP contribution is -2.39. The average Bonchev–Trinajstić information content (AvgIpc) is 2.40. The third-order valence-corrected chi connectivity index (χ3v) is 3.12. The second-order valence-electron chi connectivity index (χ2n) is 4.20. The van der Waals surface area contributed by atoms with Crippen molar-refractivity contribution < 1.29 is 4.74 Å². The number of rotatable bonds is 4. The van der Waals surface area contributed by atoms with Gasteiger partial charge in [-0.25, -0.2) is 9.97 Å². The lowest BCUT2D eigenvalue weighted by Gasteiger charge is -2.31. The molecule has 4 nitrogen and oxygen atoms in total. The number of aromatic nitrogens is 2. The Morgan fingerprint density at radius 2 is 2.47 bits per heavy atom. The fourth-order valence-electron chi connectivity index (χ4n) is 2.02. The fraction of sp³-hybridized carbons (Fsp3) is 0.667. The Bertz CT molecular complexity index is 359. The second-order valence-corrected chi connectivity index (χ2v) is 4.47. The standard InChI is InChI=1S/C12H18ClN3O/c1-2-5-16-6-7-17-11(9-16)12-14-4-3-10(8-13)15-12/h3-4,11H,2,5-9H2,1H3. The number of nitrogens with zero attached hydrogens (tertiary/aromatic N) is 3. The molecular formula is C12H18ClN3O. The zero-order valence-corrected chi connectivity index (χ0v) is 10.9. The van der Waals surface area contributed by atoms with Crippen molar-refractivity contribution in [2.75, 3.05) is 26.2 Å². The van der Waals surface area contributed by atoms with Gasteiger partial charge in [-0.05, 0) is 19.0 Å². The first-order chi connectivity index (χ1) is 8.33. The van der Waals surface area contributed by atoms with Crippen LogP contribution in [0.5, 0.6) is 0 Å². The number of alkyl halides is 1. The Kier molecular flexibility index (Phi) is 4.71. The Morgan fingerprint density at radius 3 is 3.24 bits per heavy atom. The predicted molar refractivity (Wildman–Crippen MR) is 67.0 cm³/mol. The van der Waals surface area contributed by atoms with Crippen molar-refractivity contribution in [1.82, 2.24) is 14.9 Å². The number of hydrogen-bond donors (Lipinski definition) is 0. The molecule has 1 aliphatic rings. The number of halogens is 1. The molecule has 1 fully saturated rings. The highest BCUT2D eigenvalue weighted by Gasteiger charge is 2.23. The van der Waals surface area contributed by atoms with E-state index in [4.69, 9.17) is 16.3 Å². The summed E-state index contributed by atoms with van der Waals surface area (Å²) in [5.41, 5.74) is 0.855. The van der Waals surface area contributed by atoms with Gasteiger partial charge in [0, 0.05) is 19.3 Å². The number of ether oxygens (including phenoxy) is 1. The molecule has 0 aromatic carbocycles. The second kappa shape index (κ2) is 6.28. The Balaban J connectivity index is 2.05. The summed E-state index contributed by atoms with van der Waals surface area (Å²) >= 11 is 5.77. The third-order valence-electron chi connectivity index (χ3n) is 2.85. The van der Waals surface area contributed by atoms with Crippen molar-refractivity contribution in [3.05, 3.63) is 23.8 Å². The van der Waals surface area contributed by atoms with E-state index in [-0.39, 0.29) is 6.10 Å². The van der Waals surface area contributed by atoms with Crippen molar-refractivity contribution in [2.45, 2.75) is 25.3 Å². The lowest BCUT2D eigenvalue weighted by molar-refractivity contribution is -0.0342. The first-order valence-electron chi connectivity index (χ1n) is 6.05. The van der Waals surface area contributed by atoms with Crippen molar-refractivity contribution in [3.8, 4) is 0 Å². The maximum Gasteiger partial charge on any atom is 0.158 e. The van der Waals surface area contributed by atoms with Crippen molar-refractivity contribution in [2.24, 2.45) is 0 Å². The zero-order valence-electron chi connectivity index (χ0n) is 10.1. The van der Waals surface area contributed by atoms with Crippen LogP contribution in [0.15, 0.2) is 12.3 Å². The molecule has 2 heterocycles. The third kappa shape index (κ3) is 3.37. The van der Waals surface area contributed by atoms with E-state index in [9.17, 15) is 0 Å². The monoisotopic (exact) mass is 255 g/mol. The van der Waals surface area contributed by atoms with Crippen molar-refractivity contribution in [3.63, 3.8) is 0 Å². The topological polar surface area (TPSA) is 38.2 Å². The summed E-state index contributed by atoms with van der Waals surface area (Å²) in [6, 6.07) is 1.84. The molecule has 17 heavy (non-hydrogen) atoms. The molecule has 0 bridgehead atoms. The SMILES string of the molecule is CCCN1CCOC(c2nccc(CCl)n2)C1. The normalized spacial score (nSPS) is 21.6. The maximum atomic E-state index is 5.77. The average molecular weight is 256 g/mol. The summed E-state index contributed by atoms with van der Waals surface area (Å²) in [5.74, 6) is 1.17. The van der Waals surface area contributed by atoms with E-state index in [0.717, 1.165) is 44.2 Å². The van der Waals surface area contributed by atoms with Crippen LogP contribution >= 0.6 is 11.6 Å². The van der Waals surface area contributed by atoms with Crippen LogP contribution in [0.1, 0.15) is 31.0 Å². The summed E-state index contributed by atoms with van der Waals surface area (Å²) in [7, 11) is 0. The van der Waals surface area contributed by atoms with Gasteiger partial charge in [-0.2, -0.15) is 0 Å². The molecule has 0 N–H and O–H groups in total. The first-order valence-corrected chi connectivity index (χ1v) is 6.58. The Morgan fingerprint density at radius 1 is 1.59 bits per heavy atom. The predicted octanol–water partition coefficient (Wildman–Crippen LogP) is 2.00. The molecule has 1 aromatic heterocycles. The highest BCUT2D eigenvalue weighted by Crippen LogP contribution is 2.19. The maximum absolute atomic E-state index is 5.77. The molecule has 1 aliphatic heterocycles. The molecule has 1 atom stereocenters. The van der Waals surface area contributed by atoms with Gasteiger partial charge in [0.25, 0.3) is 0 Å². The van der Waals surface area contributed by atoms with Gasteiger partial charge in [0.15, 0.2) is 5.82 Å². The molecule has 1 unspecified atom stereocenters. The van der Waals surface area contributed by atoms with Gasteiger partial charge in [0.2, 0.25) is 0 Å². The quantitative estimate of drug-likeness (QED) is 0.772. The number of morpholine rings is 1. The van der Waals surface area contributed by atoms with E-state index in [2.05, 4.69) is 21.8 Å². The zero-order chi connectivity index (χ0) is 12.1. The largest absolute Gasteiger partial charge is 0.368 e. The summed E-state index contributed by atoms with van der Waals surface area (Å²) in [6.07, 6.45) is 2.90. The van der Waals surface area contributed by atoms with Crippen LogP contribution in [0.2, 0.25) is 0 Å². The molecule has 0 amide bonds. The molecule has 0 radical (unpaired) electrons. The molecule has 94 valence electrons. The van der Waals surface area contributed by atoms with Crippen LogP contribution in [0.3, 0.4) is 0 Å². The molecule has 5 heteroatoms. The van der Waals surface area contributed by atoms with Gasteiger partial charge >= 0.3 is 0 Å². The van der Waals surface area contributed by atoms with Crippen LogP contribution in [0.4, 0.5) is 0 Å². The van der Waals surface area contributed by atoms with E-state index < -0.39 is 0 Å². The smallest absolute Gasteiger partial charge is 0.158 e. The van der Waals surface area contributed by atoms with E-state index in [0.29, 0.717) is 5.88 Å². The first kappa shape index (κ1) is 12.7. The van der Waals surface area contributed by atoms with E-state index in [1.54, 1.807) is 6.20 Å². The highest BCUT2D eigenvalue weighted by atomic mass is 35.5. The molecule has 0 saturated carbocycles. The lowest BCUT2D eigenvalue weighted by atomic mass is 10.2. The van der Waals surface area contributed by atoms with E-state index in [1.165, 1.54) is 0 Å². The minimum Gasteiger partial charge on any atom is -0.368 e. The molecular weight excluding hydrogens is 238 g/mol. The summed E-state index contributed by atoms with van der Waals surface area (Å²) in [5, 5.41) is 0. The van der Waals surface area contributed by atoms with Gasteiger partial charge in [-0.3, -0.25) is 4.90 Å². The van der Waals surface area contributed by atoms with Gasteiger partial charge < -0.3 is 4.74 Å². The molecule has 0 spiro atoms. The number of hydrogen-bond acceptors (Lipinski definition) is 4. The molecule has 1 aromatic rings. The summed E-state index contributed by atoms with van der Waals surface area (Å²) in [6.45, 7) is 5.92.